The molecule has 1 aliphatic carbocycles. The average Bonchev–Trinajstić information content (AvgIpc) is 2.81. The van der Waals surface area contributed by atoms with Crippen molar-refractivity contribution in [2.75, 3.05) is 6.61 Å². The van der Waals surface area contributed by atoms with E-state index in [-0.39, 0.29) is 11.8 Å². The Morgan fingerprint density at radius 3 is 2.35 bits per heavy atom. The minimum atomic E-state index is -0.429. The first-order valence-electron chi connectivity index (χ1n) is 11.0. The lowest BCUT2D eigenvalue weighted by Crippen LogP contribution is -2.28. The van der Waals surface area contributed by atoms with Crippen molar-refractivity contribution in [3.63, 3.8) is 0 Å². The van der Waals surface area contributed by atoms with E-state index in [1.807, 2.05) is 0 Å². The third-order valence-corrected chi connectivity index (χ3v) is 5.31. The second-order valence-electron chi connectivity index (χ2n) is 7.75. The second kappa shape index (κ2) is 11.9. The van der Waals surface area contributed by atoms with E-state index in [0.29, 0.717) is 17.9 Å². The first-order chi connectivity index (χ1) is 15.2. The summed E-state index contributed by atoms with van der Waals surface area (Å²) in [7, 11) is 0. The van der Waals surface area contributed by atoms with E-state index < -0.39 is 5.97 Å². The molecule has 0 bridgehead atoms. The summed E-state index contributed by atoms with van der Waals surface area (Å²) >= 11 is 0. The highest BCUT2D eigenvalue weighted by atomic mass is 16.5. The van der Waals surface area contributed by atoms with Crippen LogP contribution in [0.25, 0.3) is 0 Å². The number of ether oxygens (including phenoxy) is 2. The first-order valence-corrected chi connectivity index (χ1v) is 11.0. The van der Waals surface area contributed by atoms with E-state index in [9.17, 15) is 9.59 Å². The fourth-order valence-corrected chi connectivity index (χ4v) is 3.44. The number of amides is 1. The molecule has 2 aromatic carbocycles. The molecule has 0 radical (unpaired) electrons. The normalized spacial score (nSPS) is 14.4. The zero-order valence-electron chi connectivity index (χ0n) is 18.0. The van der Waals surface area contributed by atoms with Crippen molar-refractivity contribution in [1.29, 1.82) is 0 Å². The van der Waals surface area contributed by atoms with E-state index >= 15 is 0 Å². The molecule has 1 amide bonds. The smallest absolute Gasteiger partial charge is 0.343 e. The van der Waals surface area contributed by atoms with Crippen LogP contribution in [-0.4, -0.2) is 24.7 Å². The molecule has 0 spiro atoms. The van der Waals surface area contributed by atoms with Crippen LogP contribution in [0.4, 0.5) is 0 Å². The van der Waals surface area contributed by atoms with E-state index in [2.05, 4.69) is 17.5 Å². The highest BCUT2D eigenvalue weighted by molar-refractivity contribution is 5.91. The van der Waals surface area contributed by atoms with Crippen LogP contribution in [0.5, 0.6) is 11.5 Å². The van der Waals surface area contributed by atoms with Gasteiger partial charge in [-0.3, -0.25) is 4.79 Å². The van der Waals surface area contributed by atoms with Crippen molar-refractivity contribution in [3.05, 3.63) is 59.7 Å². The number of hydrogen-bond donors (Lipinski definition) is 1. The van der Waals surface area contributed by atoms with Crippen LogP contribution in [0.15, 0.2) is 53.6 Å². The molecule has 1 aliphatic rings. The fourth-order valence-electron chi connectivity index (χ4n) is 3.44. The third kappa shape index (κ3) is 7.24. The number of hydrogen-bond acceptors (Lipinski definition) is 5. The molecule has 0 aliphatic heterocycles. The fraction of sp³-hybridized carbons (Fsp3) is 0.400. The number of esters is 1. The van der Waals surface area contributed by atoms with Gasteiger partial charge in [-0.15, -0.1) is 0 Å². The van der Waals surface area contributed by atoms with E-state index in [0.717, 1.165) is 49.8 Å². The van der Waals surface area contributed by atoms with Gasteiger partial charge in [0.2, 0.25) is 5.91 Å². The minimum Gasteiger partial charge on any atom is -0.494 e. The maximum atomic E-state index is 12.3. The van der Waals surface area contributed by atoms with Crippen LogP contribution in [0, 0.1) is 5.92 Å². The second-order valence-corrected chi connectivity index (χ2v) is 7.75. The van der Waals surface area contributed by atoms with Crippen molar-refractivity contribution >= 4 is 18.1 Å². The summed E-state index contributed by atoms with van der Waals surface area (Å²) in [5, 5.41) is 4.05. The molecule has 3 rings (SSSR count). The maximum absolute atomic E-state index is 12.3. The lowest BCUT2D eigenvalue weighted by molar-refractivity contribution is -0.125. The molecule has 1 saturated carbocycles. The van der Waals surface area contributed by atoms with Crippen molar-refractivity contribution in [2.24, 2.45) is 11.0 Å². The average molecular weight is 423 g/mol. The molecule has 1 N–H and O–H groups in total. The number of rotatable bonds is 9. The summed E-state index contributed by atoms with van der Waals surface area (Å²) < 4.78 is 11.0. The summed E-state index contributed by atoms with van der Waals surface area (Å²) in [4.78, 5) is 24.4. The lowest BCUT2D eigenvalue weighted by Gasteiger charge is -2.19. The Morgan fingerprint density at radius 1 is 1.00 bits per heavy atom. The summed E-state index contributed by atoms with van der Waals surface area (Å²) in [6.45, 7) is 2.78. The number of nitrogens with zero attached hydrogens (tertiary/aromatic N) is 1. The van der Waals surface area contributed by atoms with Crippen molar-refractivity contribution < 1.29 is 19.1 Å². The predicted molar refractivity (Wildman–Crippen MR) is 121 cm³/mol. The third-order valence-electron chi connectivity index (χ3n) is 5.31. The van der Waals surface area contributed by atoms with Gasteiger partial charge in [0, 0.05) is 5.92 Å². The van der Waals surface area contributed by atoms with Crippen LogP contribution in [0.3, 0.4) is 0 Å². The van der Waals surface area contributed by atoms with Gasteiger partial charge < -0.3 is 9.47 Å². The lowest BCUT2D eigenvalue weighted by atomic mass is 9.89. The minimum absolute atomic E-state index is 0.0108. The van der Waals surface area contributed by atoms with Gasteiger partial charge in [0.25, 0.3) is 0 Å². The van der Waals surface area contributed by atoms with E-state index in [4.69, 9.17) is 9.47 Å². The van der Waals surface area contributed by atoms with Crippen molar-refractivity contribution in [2.45, 2.75) is 51.9 Å². The summed E-state index contributed by atoms with van der Waals surface area (Å²) in [6.07, 6.45) is 8.97. The van der Waals surface area contributed by atoms with Gasteiger partial charge in [0.05, 0.1) is 18.4 Å². The number of hydrazone groups is 1. The molecular weight excluding hydrogens is 392 g/mol. The molecule has 0 aromatic heterocycles. The summed E-state index contributed by atoms with van der Waals surface area (Å²) in [5.41, 5.74) is 3.88. The Hall–Kier alpha value is -3.15. The van der Waals surface area contributed by atoms with Gasteiger partial charge in [0.15, 0.2) is 0 Å². The van der Waals surface area contributed by atoms with Crippen LogP contribution < -0.4 is 14.9 Å². The Kier molecular flexibility index (Phi) is 8.64. The van der Waals surface area contributed by atoms with Crippen molar-refractivity contribution in [1.82, 2.24) is 5.43 Å². The van der Waals surface area contributed by atoms with Crippen LogP contribution in [-0.2, 0) is 4.79 Å². The van der Waals surface area contributed by atoms with Gasteiger partial charge in [-0.05, 0) is 73.4 Å². The summed E-state index contributed by atoms with van der Waals surface area (Å²) in [5.74, 6) is 0.815. The van der Waals surface area contributed by atoms with Crippen LogP contribution in [0.1, 0.15) is 67.8 Å². The Labute approximate surface area is 183 Å². The molecule has 1 fully saturated rings. The van der Waals surface area contributed by atoms with Gasteiger partial charge in [0.1, 0.15) is 11.5 Å². The number of carbonyl (C=O) groups is 2. The highest BCUT2D eigenvalue weighted by Gasteiger charge is 2.20. The summed E-state index contributed by atoms with van der Waals surface area (Å²) in [6, 6.07) is 13.9. The van der Waals surface area contributed by atoms with E-state index in [1.54, 1.807) is 54.7 Å². The SMILES string of the molecule is CCCCOc1ccc(C(=O)Oc2ccc(/C=N\NC(=O)C3CCCCC3)cc2)cc1. The number of unbranched alkanes of at least 4 members (excludes halogenated alkanes) is 1. The Balaban J connectivity index is 1.47. The molecule has 0 heterocycles. The highest BCUT2D eigenvalue weighted by Crippen LogP contribution is 2.23. The molecule has 2 aromatic rings. The van der Waals surface area contributed by atoms with Gasteiger partial charge in [-0.1, -0.05) is 32.6 Å². The molecule has 31 heavy (non-hydrogen) atoms. The molecular formula is C25H30N2O4. The standard InChI is InChI=1S/C25H30N2O4/c1-2-3-17-30-22-15-11-21(12-16-22)25(29)31-23-13-9-19(10-14-23)18-26-27-24(28)20-7-5-4-6-8-20/h9-16,18,20H,2-8,17H2,1H3,(H,27,28)/b26-18-. The predicted octanol–water partition coefficient (Wildman–Crippen LogP) is 5.12. The molecule has 6 nitrogen and oxygen atoms in total. The van der Waals surface area contributed by atoms with E-state index in [1.165, 1.54) is 6.42 Å². The van der Waals surface area contributed by atoms with Crippen molar-refractivity contribution in [3.8, 4) is 11.5 Å². The topological polar surface area (TPSA) is 77.0 Å². The van der Waals surface area contributed by atoms with Gasteiger partial charge >= 0.3 is 5.97 Å². The van der Waals surface area contributed by atoms with Gasteiger partial charge in [-0.2, -0.15) is 5.10 Å². The monoisotopic (exact) mass is 422 g/mol. The first kappa shape index (κ1) is 22.5. The molecule has 164 valence electrons. The zero-order chi connectivity index (χ0) is 21.9. The molecule has 6 heteroatoms. The maximum Gasteiger partial charge on any atom is 0.343 e. The number of benzene rings is 2. The Bertz CT molecular complexity index is 869. The Morgan fingerprint density at radius 2 is 1.68 bits per heavy atom. The molecule has 0 atom stereocenters. The van der Waals surface area contributed by atoms with Gasteiger partial charge in [-0.25, -0.2) is 10.2 Å². The number of nitrogens with one attached hydrogen (secondary N) is 1. The molecule has 0 saturated heterocycles. The zero-order valence-corrected chi connectivity index (χ0v) is 18.0. The van der Waals surface area contributed by atoms with Crippen LogP contribution >= 0.6 is 0 Å². The largest absolute Gasteiger partial charge is 0.494 e. The quantitative estimate of drug-likeness (QED) is 0.200. The molecule has 0 unspecified atom stereocenters. The number of carbonyl (C=O) groups excluding carboxylic acids is 2. The van der Waals surface area contributed by atoms with Crippen LogP contribution in [0.2, 0.25) is 0 Å².